The zero-order valence-electron chi connectivity index (χ0n) is 9.85. The van der Waals surface area contributed by atoms with Crippen LogP contribution in [-0.4, -0.2) is 13.7 Å². The summed E-state index contributed by atoms with van der Waals surface area (Å²) in [7, 11) is 1.73. The SMILES string of the molecule is COc1c(C(C)CN)cc2c(c1Br)CCC2. The van der Waals surface area contributed by atoms with E-state index in [-0.39, 0.29) is 0 Å². The van der Waals surface area contributed by atoms with Crippen LogP contribution in [0, 0.1) is 0 Å². The van der Waals surface area contributed by atoms with Crippen molar-refractivity contribution in [1.29, 1.82) is 0 Å². The molecule has 2 rings (SSSR count). The van der Waals surface area contributed by atoms with Crippen molar-refractivity contribution in [3.8, 4) is 5.75 Å². The predicted octanol–water partition coefficient (Wildman–Crippen LogP) is 3.01. The number of fused-ring (bicyclic) bond motifs is 1. The Bertz CT molecular complexity index is 403. The van der Waals surface area contributed by atoms with Crippen LogP contribution in [0.3, 0.4) is 0 Å². The average molecular weight is 284 g/mol. The van der Waals surface area contributed by atoms with E-state index in [1.807, 2.05) is 0 Å². The highest BCUT2D eigenvalue weighted by molar-refractivity contribution is 9.10. The Kier molecular flexibility index (Phi) is 3.55. The molecule has 1 aliphatic carbocycles. The van der Waals surface area contributed by atoms with E-state index in [0.717, 1.165) is 16.6 Å². The Morgan fingerprint density at radius 1 is 1.50 bits per heavy atom. The lowest BCUT2D eigenvalue weighted by molar-refractivity contribution is 0.403. The highest BCUT2D eigenvalue weighted by atomic mass is 79.9. The summed E-state index contributed by atoms with van der Waals surface area (Å²) in [5, 5.41) is 0. The van der Waals surface area contributed by atoms with Crippen LogP contribution in [0.15, 0.2) is 10.5 Å². The van der Waals surface area contributed by atoms with Crippen molar-refractivity contribution >= 4 is 15.9 Å². The molecule has 2 N–H and O–H groups in total. The first kappa shape index (κ1) is 11.9. The third kappa shape index (κ3) is 1.87. The molecule has 1 atom stereocenters. The zero-order chi connectivity index (χ0) is 11.7. The lowest BCUT2D eigenvalue weighted by atomic mass is 9.96. The first-order valence-corrected chi connectivity index (χ1v) is 6.56. The van der Waals surface area contributed by atoms with E-state index in [0.29, 0.717) is 12.5 Å². The molecule has 0 spiro atoms. The van der Waals surface area contributed by atoms with Gasteiger partial charge in [0.25, 0.3) is 0 Å². The van der Waals surface area contributed by atoms with Crippen LogP contribution in [0.2, 0.25) is 0 Å². The average Bonchev–Trinajstić information content (AvgIpc) is 2.76. The minimum absolute atomic E-state index is 0.345. The number of aryl methyl sites for hydroxylation is 1. The summed E-state index contributed by atoms with van der Waals surface area (Å²) < 4.78 is 6.66. The van der Waals surface area contributed by atoms with Gasteiger partial charge in [0.15, 0.2) is 0 Å². The number of benzene rings is 1. The predicted molar refractivity (Wildman–Crippen MR) is 70.2 cm³/mol. The van der Waals surface area contributed by atoms with Crippen molar-refractivity contribution in [2.24, 2.45) is 5.73 Å². The summed E-state index contributed by atoms with van der Waals surface area (Å²) >= 11 is 3.67. The van der Waals surface area contributed by atoms with Gasteiger partial charge in [-0.1, -0.05) is 13.0 Å². The fraction of sp³-hybridized carbons (Fsp3) is 0.538. The molecule has 0 bridgehead atoms. The number of halogens is 1. The third-order valence-electron chi connectivity index (χ3n) is 3.41. The van der Waals surface area contributed by atoms with Crippen LogP contribution >= 0.6 is 15.9 Å². The molecular formula is C13H18BrNO. The molecule has 1 aliphatic rings. The number of methoxy groups -OCH3 is 1. The first-order valence-electron chi connectivity index (χ1n) is 5.77. The van der Waals surface area contributed by atoms with E-state index in [4.69, 9.17) is 10.5 Å². The summed E-state index contributed by atoms with van der Waals surface area (Å²) in [6.45, 7) is 2.80. The Balaban J connectivity index is 2.56. The van der Waals surface area contributed by atoms with E-state index < -0.39 is 0 Å². The van der Waals surface area contributed by atoms with Crippen LogP contribution in [0.25, 0.3) is 0 Å². The maximum Gasteiger partial charge on any atom is 0.136 e. The molecule has 3 heteroatoms. The molecule has 1 unspecified atom stereocenters. The summed E-state index contributed by atoms with van der Waals surface area (Å²) in [5.74, 6) is 1.32. The molecule has 0 amide bonds. The fourth-order valence-corrected chi connectivity index (χ4v) is 3.24. The van der Waals surface area contributed by atoms with Gasteiger partial charge in [0, 0.05) is 0 Å². The lowest BCUT2D eigenvalue weighted by Gasteiger charge is -2.18. The summed E-state index contributed by atoms with van der Waals surface area (Å²) in [6.07, 6.45) is 3.59. The van der Waals surface area contributed by atoms with Gasteiger partial charge in [-0.15, -0.1) is 0 Å². The van der Waals surface area contributed by atoms with E-state index in [1.54, 1.807) is 7.11 Å². The van der Waals surface area contributed by atoms with Crippen molar-refractivity contribution in [2.75, 3.05) is 13.7 Å². The van der Waals surface area contributed by atoms with Gasteiger partial charge < -0.3 is 10.5 Å². The van der Waals surface area contributed by atoms with Gasteiger partial charge in [-0.05, 0) is 64.3 Å². The highest BCUT2D eigenvalue weighted by Gasteiger charge is 2.22. The second kappa shape index (κ2) is 4.76. The van der Waals surface area contributed by atoms with Gasteiger partial charge in [-0.3, -0.25) is 0 Å². The van der Waals surface area contributed by atoms with Crippen molar-refractivity contribution in [2.45, 2.75) is 32.1 Å². The van der Waals surface area contributed by atoms with Crippen LogP contribution < -0.4 is 10.5 Å². The van der Waals surface area contributed by atoms with E-state index in [9.17, 15) is 0 Å². The standard InChI is InChI=1S/C13H18BrNO/c1-8(7-15)11-6-9-4-3-5-10(9)12(14)13(11)16-2/h6,8H,3-5,7,15H2,1-2H3. The molecule has 0 saturated heterocycles. The fourth-order valence-electron chi connectivity index (χ4n) is 2.39. The molecule has 0 aliphatic heterocycles. The highest BCUT2D eigenvalue weighted by Crippen LogP contribution is 2.41. The topological polar surface area (TPSA) is 35.2 Å². The molecule has 0 saturated carbocycles. The number of hydrogen-bond donors (Lipinski definition) is 1. The Labute approximate surface area is 105 Å². The Hall–Kier alpha value is -0.540. The molecular weight excluding hydrogens is 266 g/mol. The Morgan fingerprint density at radius 2 is 2.25 bits per heavy atom. The molecule has 88 valence electrons. The monoisotopic (exact) mass is 283 g/mol. The van der Waals surface area contributed by atoms with Gasteiger partial charge >= 0.3 is 0 Å². The maximum atomic E-state index is 5.75. The normalized spacial score (nSPS) is 16.0. The van der Waals surface area contributed by atoms with Gasteiger partial charge in [0.2, 0.25) is 0 Å². The smallest absolute Gasteiger partial charge is 0.136 e. The molecule has 1 aromatic carbocycles. The minimum atomic E-state index is 0.345. The molecule has 0 heterocycles. The molecule has 1 aromatic rings. The quantitative estimate of drug-likeness (QED) is 0.926. The van der Waals surface area contributed by atoms with Crippen LogP contribution in [-0.2, 0) is 12.8 Å². The Morgan fingerprint density at radius 3 is 2.88 bits per heavy atom. The van der Waals surface area contributed by atoms with Crippen molar-refractivity contribution in [1.82, 2.24) is 0 Å². The third-order valence-corrected chi connectivity index (χ3v) is 4.24. The lowest BCUT2D eigenvalue weighted by Crippen LogP contribution is -2.11. The molecule has 0 fully saturated rings. The number of rotatable bonds is 3. The van der Waals surface area contributed by atoms with Gasteiger partial charge in [0.05, 0.1) is 11.6 Å². The molecule has 0 radical (unpaired) electrons. The van der Waals surface area contributed by atoms with E-state index >= 15 is 0 Å². The second-order valence-corrected chi connectivity index (χ2v) is 5.23. The molecule has 0 aromatic heterocycles. The minimum Gasteiger partial charge on any atom is -0.495 e. The van der Waals surface area contributed by atoms with Crippen LogP contribution in [0.1, 0.15) is 36.0 Å². The second-order valence-electron chi connectivity index (χ2n) is 4.44. The number of hydrogen-bond acceptors (Lipinski definition) is 2. The first-order chi connectivity index (χ1) is 7.69. The maximum absolute atomic E-state index is 5.75. The molecule has 16 heavy (non-hydrogen) atoms. The summed E-state index contributed by atoms with van der Waals surface area (Å²) in [5.41, 5.74) is 9.87. The summed E-state index contributed by atoms with van der Waals surface area (Å²) in [4.78, 5) is 0. The molecule has 2 nitrogen and oxygen atoms in total. The van der Waals surface area contributed by atoms with Crippen LogP contribution in [0.5, 0.6) is 5.75 Å². The van der Waals surface area contributed by atoms with Gasteiger partial charge in [-0.25, -0.2) is 0 Å². The van der Waals surface area contributed by atoms with E-state index in [2.05, 4.69) is 28.9 Å². The summed E-state index contributed by atoms with van der Waals surface area (Å²) in [6, 6.07) is 2.28. The van der Waals surface area contributed by atoms with Crippen molar-refractivity contribution in [3.05, 3.63) is 27.2 Å². The van der Waals surface area contributed by atoms with Gasteiger partial charge in [0.1, 0.15) is 5.75 Å². The van der Waals surface area contributed by atoms with E-state index in [1.165, 1.54) is 29.5 Å². The van der Waals surface area contributed by atoms with Gasteiger partial charge in [-0.2, -0.15) is 0 Å². The number of nitrogens with two attached hydrogens (primary N) is 1. The zero-order valence-corrected chi connectivity index (χ0v) is 11.4. The van der Waals surface area contributed by atoms with Crippen molar-refractivity contribution in [3.63, 3.8) is 0 Å². The van der Waals surface area contributed by atoms with Crippen molar-refractivity contribution < 1.29 is 4.74 Å². The number of ether oxygens (including phenoxy) is 1. The largest absolute Gasteiger partial charge is 0.495 e. The van der Waals surface area contributed by atoms with Crippen LogP contribution in [0.4, 0.5) is 0 Å².